The van der Waals surface area contributed by atoms with Crippen LogP contribution in [0.4, 0.5) is 0 Å². The lowest BCUT2D eigenvalue weighted by Gasteiger charge is -2.13. The molecule has 0 aromatic heterocycles. The van der Waals surface area contributed by atoms with Crippen LogP contribution in [-0.4, -0.2) is 16.8 Å². The van der Waals surface area contributed by atoms with Crippen LogP contribution in [0.1, 0.15) is 24.7 Å². The fourth-order valence-corrected chi connectivity index (χ4v) is 2.30. The third-order valence-corrected chi connectivity index (χ3v) is 3.59. The molecule has 1 unspecified atom stereocenters. The van der Waals surface area contributed by atoms with Crippen molar-refractivity contribution in [3.05, 3.63) is 35.9 Å². The highest BCUT2D eigenvalue weighted by Crippen LogP contribution is 2.30. The molecule has 2 nitrogen and oxygen atoms in total. The number of aliphatic carboxylic acids is 1. The van der Waals surface area contributed by atoms with E-state index >= 15 is 0 Å². The highest BCUT2D eigenvalue weighted by molar-refractivity contribution is 8.00. The molecule has 0 amide bonds. The minimum absolute atomic E-state index is 0.436. The Bertz CT molecular complexity index is 309. The average Bonchev–Trinajstić information content (AvgIpc) is 2.18. The lowest BCUT2D eigenvalue weighted by molar-refractivity contribution is -0.136. The summed E-state index contributed by atoms with van der Waals surface area (Å²) in [5.74, 6) is 0.624. The molecule has 0 heterocycles. The van der Waals surface area contributed by atoms with Crippen LogP contribution in [-0.2, 0) is 4.79 Å². The standard InChI is InChI=1S/C12H16O2S/c1-9(2)8-15-11(12(13)14)10-6-4-3-5-7-10/h3-7,9,11H,8H2,1-2H3,(H,13,14). The van der Waals surface area contributed by atoms with E-state index in [1.807, 2.05) is 30.3 Å². The van der Waals surface area contributed by atoms with Crippen LogP contribution in [0.25, 0.3) is 0 Å². The first-order valence-corrected chi connectivity index (χ1v) is 6.05. The first-order chi connectivity index (χ1) is 7.11. The fraction of sp³-hybridized carbons (Fsp3) is 0.417. The molecule has 0 radical (unpaired) electrons. The molecule has 1 aromatic carbocycles. The summed E-state index contributed by atoms with van der Waals surface area (Å²) in [5.41, 5.74) is 0.871. The first kappa shape index (κ1) is 12.1. The van der Waals surface area contributed by atoms with Gasteiger partial charge in [-0.1, -0.05) is 44.2 Å². The largest absolute Gasteiger partial charge is 0.480 e. The molecule has 1 aromatic rings. The minimum Gasteiger partial charge on any atom is -0.480 e. The van der Waals surface area contributed by atoms with Gasteiger partial charge >= 0.3 is 5.97 Å². The molecule has 0 spiro atoms. The van der Waals surface area contributed by atoms with Gasteiger partial charge in [-0.25, -0.2) is 0 Å². The number of carboxylic acid groups (broad SMARTS) is 1. The second-order valence-electron chi connectivity index (χ2n) is 3.86. The Morgan fingerprint density at radius 3 is 2.40 bits per heavy atom. The molecule has 1 rings (SSSR count). The zero-order valence-corrected chi connectivity index (χ0v) is 9.83. The van der Waals surface area contributed by atoms with Gasteiger partial charge in [-0.3, -0.25) is 4.79 Å². The maximum absolute atomic E-state index is 11.1. The van der Waals surface area contributed by atoms with Crippen LogP contribution in [0.3, 0.4) is 0 Å². The topological polar surface area (TPSA) is 37.3 Å². The molecule has 3 heteroatoms. The van der Waals surface area contributed by atoms with Gasteiger partial charge in [-0.2, -0.15) is 0 Å². The van der Waals surface area contributed by atoms with Gasteiger partial charge in [0.25, 0.3) is 0 Å². The summed E-state index contributed by atoms with van der Waals surface area (Å²) in [4.78, 5) is 11.1. The summed E-state index contributed by atoms with van der Waals surface area (Å²) >= 11 is 1.49. The molecule has 1 N–H and O–H groups in total. The lowest BCUT2D eigenvalue weighted by Crippen LogP contribution is -2.09. The van der Waals surface area contributed by atoms with Crippen LogP contribution in [0, 0.1) is 5.92 Å². The predicted molar refractivity (Wildman–Crippen MR) is 64.1 cm³/mol. The third-order valence-electron chi connectivity index (χ3n) is 1.92. The van der Waals surface area contributed by atoms with E-state index in [1.54, 1.807) is 0 Å². The summed E-state index contributed by atoms with van der Waals surface area (Å²) in [6.07, 6.45) is 0. The summed E-state index contributed by atoms with van der Waals surface area (Å²) in [5, 5.41) is 8.68. The lowest BCUT2D eigenvalue weighted by atomic mass is 10.1. The van der Waals surface area contributed by atoms with Crippen LogP contribution in [0.5, 0.6) is 0 Å². The van der Waals surface area contributed by atoms with Gasteiger partial charge < -0.3 is 5.11 Å². The molecular formula is C12H16O2S. The van der Waals surface area contributed by atoms with Crippen molar-refractivity contribution in [2.75, 3.05) is 5.75 Å². The van der Waals surface area contributed by atoms with Gasteiger partial charge in [0.05, 0.1) is 0 Å². The van der Waals surface area contributed by atoms with E-state index in [4.69, 9.17) is 5.11 Å². The molecule has 0 bridgehead atoms. The number of carboxylic acids is 1. The molecule has 0 aliphatic heterocycles. The van der Waals surface area contributed by atoms with E-state index in [2.05, 4.69) is 13.8 Å². The number of rotatable bonds is 5. The van der Waals surface area contributed by atoms with E-state index in [0.29, 0.717) is 5.92 Å². The van der Waals surface area contributed by atoms with Crippen molar-refractivity contribution >= 4 is 17.7 Å². The smallest absolute Gasteiger partial charge is 0.321 e. The number of hydrogen-bond donors (Lipinski definition) is 1. The molecule has 1 atom stereocenters. The second kappa shape index (κ2) is 5.81. The number of carbonyl (C=O) groups is 1. The molecule has 0 aliphatic rings. The second-order valence-corrected chi connectivity index (χ2v) is 4.99. The Labute approximate surface area is 94.7 Å². The van der Waals surface area contributed by atoms with Crippen molar-refractivity contribution in [3.8, 4) is 0 Å². The maximum atomic E-state index is 11.1. The highest BCUT2D eigenvalue weighted by Gasteiger charge is 2.19. The summed E-state index contributed by atoms with van der Waals surface area (Å²) < 4.78 is 0. The SMILES string of the molecule is CC(C)CSC(C(=O)O)c1ccccc1. The molecule has 15 heavy (non-hydrogen) atoms. The van der Waals surface area contributed by atoms with Gasteiger partial charge in [0.15, 0.2) is 0 Å². The quantitative estimate of drug-likeness (QED) is 0.834. The number of benzene rings is 1. The minimum atomic E-state index is -0.758. The van der Waals surface area contributed by atoms with Gasteiger partial charge in [0.1, 0.15) is 5.25 Å². The Morgan fingerprint density at radius 1 is 1.33 bits per heavy atom. The molecule has 0 saturated heterocycles. The van der Waals surface area contributed by atoms with Crippen molar-refractivity contribution in [3.63, 3.8) is 0 Å². The van der Waals surface area contributed by atoms with Crippen molar-refractivity contribution < 1.29 is 9.90 Å². The van der Waals surface area contributed by atoms with E-state index in [-0.39, 0.29) is 0 Å². The Kier molecular flexibility index (Phi) is 4.69. The van der Waals surface area contributed by atoms with Crippen LogP contribution in [0.2, 0.25) is 0 Å². The third kappa shape index (κ3) is 3.96. The zero-order chi connectivity index (χ0) is 11.3. The molecule has 0 fully saturated rings. The summed E-state index contributed by atoms with van der Waals surface area (Å²) in [6, 6.07) is 9.39. The van der Waals surface area contributed by atoms with Crippen molar-refractivity contribution in [1.82, 2.24) is 0 Å². The van der Waals surface area contributed by atoms with Gasteiger partial charge in [-0.15, -0.1) is 11.8 Å². The number of hydrogen-bond acceptors (Lipinski definition) is 2. The van der Waals surface area contributed by atoms with Crippen LogP contribution < -0.4 is 0 Å². The fourth-order valence-electron chi connectivity index (χ4n) is 1.23. The monoisotopic (exact) mass is 224 g/mol. The Morgan fingerprint density at radius 2 is 1.93 bits per heavy atom. The molecule has 0 aliphatic carbocycles. The van der Waals surface area contributed by atoms with E-state index in [9.17, 15) is 4.79 Å². The molecule has 82 valence electrons. The van der Waals surface area contributed by atoms with E-state index < -0.39 is 11.2 Å². The normalized spacial score (nSPS) is 12.7. The van der Waals surface area contributed by atoms with E-state index in [0.717, 1.165) is 11.3 Å². The maximum Gasteiger partial charge on any atom is 0.321 e. The van der Waals surface area contributed by atoms with Gasteiger partial charge in [-0.05, 0) is 17.2 Å². The predicted octanol–water partition coefficient (Wildman–Crippen LogP) is 3.20. The Balaban J connectivity index is 2.71. The number of thioether (sulfide) groups is 1. The average molecular weight is 224 g/mol. The summed E-state index contributed by atoms with van der Waals surface area (Å²) in [6.45, 7) is 4.19. The molecule has 0 saturated carbocycles. The van der Waals surface area contributed by atoms with Crippen molar-refractivity contribution in [1.29, 1.82) is 0 Å². The first-order valence-electron chi connectivity index (χ1n) is 5.00. The van der Waals surface area contributed by atoms with Crippen molar-refractivity contribution in [2.45, 2.75) is 19.1 Å². The van der Waals surface area contributed by atoms with Gasteiger partial charge in [0, 0.05) is 0 Å². The van der Waals surface area contributed by atoms with Crippen LogP contribution in [0.15, 0.2) is 30.3 Å². The Hall–Kier alpha value is -0.960. The van der Waals surface area contributed by atoms with E-state index in [1.165, 1.54) is 11.8 Å². The van der Waals surface area contributed by atoms with Gasteiger partial charge in [0.2, 0.25) is 0 Å². The zero-order valence-electron chi connectivity index (χ0n) is 9.01. The summed E-state index contributed by atoms with van der Waals surface area (Å²) in [7, 11) is 0. The molecular weight excluding hydrogens is 208 g/mol. The van der Waals surface area contributed by atoms with Crippen molar-refractivity contribution in [2.24, 2.45) is 5.92 Å². The highest BCUT2D eigenvalue weighted by atomic mass is 32.2. The van der Waals surface area contributed by atoms with Crippen LogP contribution >= 0.6 is 11.8 Å².